The van der Waals surface area contributed by atoms with Crippen molar-refractivity contribution >= 4 is 139 Å². The van der Waals surface area contributed by atoms with Crippen molar-refractivity contribution in [3.05, 3.63) is 89.5 Å². The van der Waals surface area contributed by atoms with E-state index in [-0.39, 0.29) is 123 Å². The zero-order valence-corrected chi connectivity index (χ0v) is 48.4. The molecule has 0 aromatic heterocycles. The number of carboxylic acid groups (broad SMARTS) is 1. The number of ether oxygens (including phenoxy) is 2. The predicted molar refractivity (Wildman–Crippen MR) is 307 cm³/mol. The zero-order valence-electron chi connectivity index (χ0n) is 44.3. The van der Waals surface area contributed by atoms with Crippen LogP contribution in [-0.4, -0.2) is 154 Å². The fourth-order valence-corrected chi connectivity index (χ4v) is 14.5. The third-order valence-corrected chi connectivity index (χ3v) is 19.3. The van der Waals surface area contributed by atoms with E-state index in [0.29, 0.717) is 57.9 Å². The van der Waals surface area contributed by atoms with E-state index in [1.165, 1.54) is 69.2 Å². The van der Waals surface area contributed by atoms with Crippen molar-refractivity contribution in [1.29, 1.82) is 0 Å². The lowest BCUT2D eigenvalue weighted by Crippen LogP contribution is -2.72. The maximum atomic E-state index is 14.8. The van der Waals surface area contributed by atoms with E-state index in [0.717, 1.165) is 15.8 Å². The molecule has 0 unspecified atom stereocenters. The number of nitrogens with zero attached hydrogens (tertiary/aromatic N) is 5. The van der Waals surface area contributed by atoms with Crippen molar-refractivity contribution in [3.63, 3.8) is 0 Å². The summed E-state index contributed by atoms with van der Waals surface area (Å²) >= 11 is 12.9. The molecule has 3 aliphatic heterocycles. The number of hydrogen-bond donors (Lipinski definition) is 4. The topological polar surface area (TPSA) is 270 Å². The summed E-state index contributed by atoms with van der Waals surface area (Å²) in [6, 6.07) is 16.3. The minimum atomic E-state index is -4.98. The Kier molecular flexibility index (Phi) is 17.8. The Bertz CT molecular complexity index is 3320. The van der Waals surface area contributed by atoms with Gasteiger partial charge in [0.25, 0.3) is 11.8 Å². The van der Waals surface area contributed by atoms with Crippen LogP contribution in [0.25, 0.3) is 27.1 Å². The van der Waals surface area contributed by atoms with Crippen molar-refractivity contribution < 1.29 is 71.8 Å². The van der Waals surface area contributed by atoms with Gasteiger partial charge in [-0.25, -0.2) is 18.9 Å². The lowest BCUT2D eigenvalue weighted by molar-refractivity contribution is -0.204. The molecular weight excluding hydrogens is 1150 g/mol. The van der Waals surface area contributed by atoms with Gasteiger partial charge in [0.05, 0.1) is 28.7 Å². The normalized spacial score (nSPS) is 20.9. The number of phosphoric ester groups is 1. The molecular formula is C55H59Cl2N6O15PS2. The van der Waals surface area contributed by atoms with Crippen molar-refractivity contribution in [2.45, 2.75) is 69.1 Å². The molecule has 26 heteroatoms. The summed E-state index contributed by atoms with van der Waals surface area (Å²) in [6.07, 6.45) is 3.49. The van der Waals surface area contributed by atoms with Gasteiger partial charge in [0.1, 0.15) is 24.1 Å². The van der Waals surface area contributed by atoms with E-state index in [4.69, 9.17) is 37.2 Å². The molecule has 3 aliphatic carbocycles. The highest BCUT2D eigenvalue weighted by molar-refractivity contribution is 8.77. The van der Waals surface area contributed by atoms with Crippen molar-refractivity contribution in [2.75, 3.05) is 74.9 Å². The number of benzene rings is 4. The smallest absolute Gasteiger partial charge is 0.480 e. The monoisotopic (exact) mass is 1210 g/mol. The summed E-state index contributed by atoms with van der Waals surface area (Å²) in [4.78, 5) is 130. The molecule has 10 rings (SSSR count). The molecule has 4 N–H and O–H groups in total. The molecule has 21 nitrogen and oxygen atoms in total. The number of alkyl halides is 1. The van der Waals surface area contributed by atoms with E-state index in [2.05, 4.69) is 5.32 Å². The first-order valence-electron chi connectivity index (χ1n) is 26.1. The molecule has 0 spiro atoms. The first-order valence-corrected chi connectivity index (χ1v) is 31.0. The summed E-state index contributed by atoms with van der Waals surface area (Å²) in [5, 5.41) is 14.4. The number of nitrogens with one attached hydrogen (secondary N) is 1. The SMILES string of the molecule is C[C@H](COC(=O)N(C)CCN(C)C(=O)Oc1cc2c(c3ccccc13)[C@H](CCl)CN2C(=O)C12CC(C(=O)N3C/C(=C/Cl)c4c3cc(OP(=O)(O)O)c3ccccc43)(C1)C2)SSC[C@H](NC(=O)CCCCCN1C(=O)C=CC1=O)C(=O)O. The fraction of sp³-hybridized carbons (Fsp3) is 0.418. The van der Waals surface area contributed by atoms with Gasteiger partial charge in [-0.2, -0.15) is 0 Å². The standard InChI is InChI=1S/C55H59Cl2N6O15PS2/c1-32(81-80-28-39(49(67)68)58-44(64)15-5-4-10-18-61-45(65)16-17-46(61)66)27-76-52(71)59(2)19-20-60(3)53(72)77-42-21-40-47(37-13-8-6-11-35(37)42)33(23-56)25-62(40)50(69)54-29-55(30-54,31-54)51(70)63-26-34(24-57)48-38-14-9-7-12-36(38)43(22-41(48)63)78-79(73,74)75/h6-9,11-14,16-17,21-22,24,32-33,39H,4-5,10,15,18-20,23,25-31H2,1-3H3,(H,58,64)(H,67,68)(H2,73,74,75)/b34-24-/t32-,33-,39+,54?,55?/m1/s1. The van der Waals surface area contributed by atoms with Crippen LogP contribution in [0.15, 0.2) is 78.4 Å². The molecule has 81 heavy (non-hydrogen) atoms. The second-order valence-electron chi connectivity index (χ2n) is 21.0. The maximum Gasteiger partial charge on any atom is 0.524 e. The number of likely N-dealkylation sites (N-methyl/N-ethyl adjacent to an activating group) is 2. The summed E-state index contributed by atoms with van der Waals surface area (Å²) < 4.78 is 28.7. The van der Waals surface area contributed by atoms with E-state index in [1.54, 1.807) is 47.1 Å². The molecule has 6 aliphatic rings. The minimum absolute atomic E-state index is 0.00905. The van der Waals surface area contributed by atoms with Gasteiger partial charge in [0.2, 0.25) is 17.7 Å². The van der Waals surface area contributed by atoms with Crippen molar-refractivity contribution in [1.82, 2.24) is 20.0 Å². The third kappa shape index (κ3) is 12.3. The highest BCUT2D eigenvalue weighted by Crippen LogP contribution is 2.75. The summed E-state index contributed by atoms with van der Waals surface area (Å²) in [5.41, 5.74) is 2.75. The molecule has 4 aromatic carbocycles. The zero-order chi connectivity index (χ0) is 58.1. The highest BCUT2D eigenvalue weighted by Gasteiger charge is 2.76. The average molecular weight is 1210 g/mol. The number of amides is 7. The van der Waals surface area contributed by atoms with E-state index >= 15 is 0 Å². The quantitative estimate of drug-likeness (QED) is 0.0179. The average Bonchev–Trinajstić information content (AvgIpc) is 4.25. The number of unbranched alkanes of at least 4 members (excludes halogenated alkanes) is 2. The van der Waals surface area contributed by atoms with E-state index in [1.807, 2.05) is 24.3 Å². The second-order valence-corrected chi connectivity index (χ2v) is 25.6. The van der Waals surface area contributed by atoms with Crippen LogP contribution >= 0.6 is 52.6 Å². The van der Waals surface area contributed by atoms with Crippen molar-refractivity contribution in [3.8, 4) is 11.5 Å². The van der Waals surface area contributed by atoms with Gasteiger partial charge < -0.3 is 44.0 Å². The molecule has 0 saturated heterocycles. The van der Waals surface area contributed by atoms with Gasteiger partial charge in [-0.1, -0.05) is 88.1 Å². The molecule has 3 atom stereocenters. The van der Waals surface area contributed by atoms with E-state index < -0.39 is 48.8 Å². The van der Waals surface area contributed by atoms with Crippen molar-refractivity contribution in [2.24, 2.45) is 10.8 Å². The van der Waals surface area contributed by atoms with Crippen LogP contribution in [0.3, 0.4) is 0 Å². The minimum Gasteiger partial charge on any atom is -0.480 e. The molecule has 4 aromatic rings. The number of rotatable bonds is 23. The van der Waals surface area contributed by atoms with Gasteiger partial charge in [0.15, 0.2) is 0 Å². The second kappa shape index (κ2) is 24.2. The van der Waals surface area contributed by atoms with Crippen LogP contribution in [0.5, 0.6) is 11.5 Å². The first kappa shape index (κ1) is 59.3. The first-order chi connectivity index (χ1) is 38.6. The fourth-order valence-electron chi connectivity index (χ4n) is 11.3. The number of halogens is 2. The Morgan fingerprint density at radius 2 is 1.43 bits per heavy atom. The number of aliphatic carboxylic acids is 1. The van der Waals surface area contributed by atoms with Crippen LogP contribution in [0.2, 0.25) is 0 Å². The molecule has 3 fully saturated rings. The van der Waals surface area contributed by atoms with Crippen LogP contribution in [-0.2, 0) is 38.1 Å². The lowest BCUT2D eigenvalue weighted by atomic mass is 9.34. The van der Waals surface area contributed by atoms with Crippen LogP contribution < -0.4 is 24.4 Å². The molecule has 430 valence electrons. The van der Waals surface area contributed by atoms with Gasteiger partial charge in [-0.3, -0.25) is 38.7 Å². The number of phosphoric acid groups is 1. The number of carbonyl (C=O) groups is 8. The molecule has 2 bridgehead atoms. The maximum absolute atomic E-state index is 14.8. The molecule has 0 radical (unpaired) electrons. The number of carboxylic acids is 1. The number of imide groups is 1. The summed E-state index contributed by atoms with van der Waals surface area (Å²) in [6.45, 7) is 2.54. The number of anilines is 2. The summed E-state index contributed by atoms with van der Waals surface area (Å²) in [7, 11) is 0.553. The highest BCUT2D eigenvalue weighted by atomic mass is 35.5. The molecule has 3 heterocycles. The van der Waals surface area contributed by atoms with Gasteiger partial charge in [-0.05, 0) is 60.9 Å². The third-order valence-electron chi connectivity index (χ3n) is 15.3. The Balaban J connectivity index is 0.762. The number of fused-ring (bicyclic) bond motifs is 6. The van der Waals surface area contributed by atoms with E-state index in [9.17, 15) is 57.8 Å². The van der Waals surface area contributed by atoms with Crippen LogP contribution in [0.4, 0.5) is 21.0 Å². The van der Waals surface area contributed by atoms with Crippen LogP contribution in [0, 0.1) is 10.8 Å². The largest absolute Gasteiger partial charge is 0.524 e. The predicted octanol–water partition coefficient (Wildman–Crippen LogP) is 8.25. The Morgan fingerprint density at radius 1 is 0.840 bits per heavy atom. The Labute approximate surface area is 483 Å². The van der Waals surface area contributed by atoms with Crippen LogP contribution in [0.1, 0.15) is 68.9 Å². The molecule has 7 amide bonds. The summed E-state index contributed by atoms with van der Waals surface area (Å²) in [5.74, 6) is -2.66. The van der Waals surface area contributed by atoms with Gasteiger partial charge in [0, 0.05) is 116 Å². The Hall–Kier alpha value is -6.33. The lowest BCUT2D eigenvalue weighted by Gasteiger charge is -2.69. The molecule has 3 saturated carbocycles. The van der Waals surface area contributed by atoms with Gasteiger partial charge >= 0.3 is 26.0 Å². The number of hydrogen-bond acceptors (Lipinski definition) is 14. The Morgan fingerprint density at radius 3 is 2.05 bits per heavy atom. The van der Waals surface area contributed by atoms with Gasteiger partial charge in [-0.15, -0.1) is 11.6 Å². The number of carbonyl (C=O) groups excluding carboxylic acids is 7.